The van der Waals surface area contributed by atoms with E-state index in [9.17, 15) is 41.7 Å². The largest absolute Gasteiger partial charge is 0.449 e. The van der Waals surface area contributed by atoms with Crippen LogP contribution in [0.5, 0.6) is 0 Å². The third-order valence-corrected chi connectivity index (χ3v) is 3.60. The van der Waals surface area contributed by atoms with Gasteiger partial charge in [-0.3, -0.25) is 14.9 Å². The van der Waals surface area contributed by atoms with Crippen LogP contribution >= 0.6 is 0 Å². The van der Waals surface area contributed by atoms with E-state index in [4.69, 9.17) is 0 Å². The molecule has 2 aromatic rings. The van der Waals surface area contributed by atoms with Crippen molar-refractivity contribution in [3.8, 4) is 0 Å². The third-order valence-electron chi connectivity index (χ3n) is 3.60. The Kier molecular flexibility index (Phi) is 6.15. The van der Waals surface area contributed by atoms with Gasteiger partial charge in [0.15, 0.2) is 6.10 Å². The highest BCUT2D eigenvalue weighted by molar-refractivity contribution is 5.98. The number of hydrogen-bond acceptors (Lipinski definition) is 5. The summed E-state index contributed by atoms with van der Waals surface area (Å²) in [5, 5.41) is 12.5. The minimum absolute atomic E-state index is 0.223. The highest BCUT2D eigenvalue weighted by atomic mass is 19.4. The summed E-state index contributed by atoms with van der Waals surface area (Å²) in [4.78, 5) is 33.5. The number of nitro groups is 1. The number of anilines is 1. The van der Waals surface area contributed by atoms with Gasteiger partial charge in [0.25, 0.3) is 11.6 Å². The molecular formula is C17H11F5N2O5. The summed E-state index contributed by atoms with van der Waals surface area (Å²) in [6.07, 6.45) is -6.78. The maximum Gasteiger partial charge on any atom is 0.418 e. The number of rotatable bonds is 5. The van der Waals surface area contributed by atoms with Crippen molar-refractivity contribution in [2.24, 2.45) is 0 Å². The predicted molar refractivity (Wildman–Crippen MR) is 88.0 cm³/mol. The smallest absolute Gasteiger partial charge is 0.418 e. The minimum Gasteiger partial charge on any atom is -0.449 e. The van der Waals surface area contributed by atoms with E-state index >= 15 is 0 Å². The first kappa shape index (κ1) is 21.7. The molecular weight excluding hydrogens is 407 g/mol. The maximum atomic E-state index is 13.6. The van der Waals surface area contributed by atoms with Crippen LogP contribution in [0, 0.1) is 21.7 Å². The van der Waals surface area contributed by atoms with Crippen LogP contribution in [-0.2, 0) is 15.7 Å². The summed E-state index contributed by atoms with van der Waals surface area (Å²) < 4.78 is 71.1. The molecule has 0 fully saturated rings. The van der Waals surface area contributed by atoms with Crippen molar-refractivity contribution in [2.75, 3.05) is 5.32 Å². The van der Waals surface area contributed by atoms with Gasteiger partial charge in [0.1, 0.15) is 17.2 Å². The van der Waals surface area contributed by atoms with Crippen molar-refractivity contribution in [1.82, 2.24) is 0 Å². The van der Waals surface area contributed by atoms with Crippen LogP contribution in [0.25, 0.3) is 0 Å². The number of nitro benzene ring substituents is 1. The van der Waals surface area contributed by atoms with Gasteiger partial charge in [-0.2, -0.15) is 13.2 Å². The normalized spacial score (nSPS) is 12.2. The number of carbonyl (C=O) groups is 2. The monoisotopic (exact) mass is 418 g/mol. The quantitative estimate of drug-likeness (QED) is 0.342. The summed E-state index contributed by atoms with van der Waals surface area (Å²) in [6, 6.07) is 4.15. The van der Waals surface area contributed by atoms with Gasteiger partial charge in [-0.05, 0) is 25.1 Å². The van der Waals surface area contributed by atoms with Crippen LogP contribution in [0.2, 0.25) is 0 Å². The number of benzene rings is 2. The number of esters is 1. The number of nitrogens with one attached hydrogen (secondary N) is 1. The molecule has 0 radical (unpaired) electrons. The number of non-ortho nitro benzene ring substituents is 1. The van der Waals surface area contributed by atoms with Crippen molar-refractivity contribution >= 4 is 23.3 Å². The zero-order valence-electron chi connectivity index (χ0n) is 14.4. The first-order chi connectivity index (χ1) is 13.4. The Morgan fingerprint density at radius 2 is 1.72 bits per heavy atom. The molecule has 1 unspecified atom stereocenters. The average molecular weight is 418 g/mol. The van der Waals surface area contributed by atoms with Gasteiger partial charge < -0.3 is 10.1 Å². The Bertz CT molecular complexity index is 957. The van der Waals surface area contributed by atoms with E-state index in [1.54, 1.807) is 0 Å². The zero-order chi connectivity index (χ0) is 21.9. The van der Waals surface area contributed by atoms with E-state index in [0.717, 1.165) is 31.2 Å². The van der Waals surface area contributed by atoms with Crippen LogP contribution in [0.1, 0.15) is 22.8 Å². The van der Waals surface area contributed by atoms with Crippen LogP contribution in [0.4, 0.5) is 33.3 Å². The van der Waals surface area contributed by atoms with E-state index in [1.807, 2.05) is 5.32 Å². The second-order valence-electron chi connectivity index (χ2n) is 5.62. The lowest BCUT2D eigenvalue weighted by atomic mass is 10.1. The van der Waals surface area contributed by atoms with Crippen molar-refractivity contribution in [1.29, 1.82) is 0 Å². The number of nitrogens with zero attached hydrogens (tertiary/aromatic N) is 1. The molecule has 0 aliphatic heterocycles. The lowest BCUT2D eigenvalue weighted by molar-refractivity contribution is -0.385. The number of halogens is 5. The minimum atomic E-state index is -5.04. The fourth-order valence-corrected chi connectivity index (χ4v) is 2.19. The number of hydrogen-bond donors (Lipinski definition) is 1. The molecule has 7 nitrogen and oxygen atoms in total. The second-order valence-corrected chi connectivity index (χ2v) is 5.62. The molecule has 0 spiro atoms. The Morgan fingerprint density at radius 3 is 2.24 bits per heavy atom. The van der Waals surface area contributed by atoms with Gasteiger partial charge in [0.05, 0.1) is 16.2 Å². The number of alkyl halides is 3. The Hall–Kier alpha value is -3.57. The molecule has 2 rings (SSSR count). The molecule has 0 aromatic heterocycles. The highest BCUT2D eigenvalue weighted by Gasteiger charge is 2.36. The van der Waals surface area contributed by atoms with Gasteiger partial charge in [0.2, 0.25) is 0 Å². The van der Waals surface area contributed by atoms with Gasteiger partial charge >= 0.3 is 12.1 Å². The maximum absolute atomic E-state index is 13.6. The van der Waals surface area contributed by atoms with Gasteiger partial charge in [0, 0.05) is 12.1 Å². The van der Waals surface area contributed by atoms with Crippen molar-refractivity contribution in [3.05, 3.63) is 69.3 Å². The van der Waals surface area contributed by atoms with E-state index < -0.39 is 63.2 Å². The molecule has 12 heteroatoms. The summed E-state index contributed by atoms with van der Waals surface area (Å²) in [7, 11) is 0. The topological polar surface area (TPSA) is 98.5 Å². The summed E-state index contributed by atoms with van der Waals surface area (Å²) in [5.74, 6) is -5.30. The third kappa shape index (κ3) is 5.03. The van der Waals surface area contributed by atoms with Crippen LogP contribution in [0.15, 0.2) is 36.4 Å². The molecule has 0 bridgehead atoms. The van der Waals surface area contributed by atoms with Gasteiger partial charge in [-0.1, -0.05) is 6.07 Å². The first-order valence-corrected chi connectivity index (χ1v) is 7.73. The zero-order valence-corrected chi connectivity index (χ0v) is 14.4. The Morgan fingerprint density at radius 1 is 1.14 bits per heavy atom. The van der Waals surface area contributed by atoms with Crippen molar-refractivity contribution in [3.63, 3.8) is 0 Å². The fourth-order valence-electron chi connectivity index (χ4n) is 2.19. The highest BCUT2D eigenvalue weighted by Crippen LogP contribution is 2.37. The predicted octanol–water partition coefficient (Wildman–Crippen LogP) is 4.08. The van der Waals surface area contributed by atoms with Crippen LogP contribution in [0.3, 0.4) is 0 Å². The number of amides is 1. The Balaban J connectivity index is 2.21. The van der Waals surface area contributed by atoms with E-state index in [1.165, 1.54) is 0 Å². The van der Waals surface area contributed by atoms with Crippen LogP contribution < -0.4 is 5.32 Å². The van der Waals surface area contributed by atoms with Gasteiger partial charge in [-0.25, -0.2) is 13.6 Å². The summed E-state index contributed by atoms with van der Waals surface area (Å²) in [6.45, 7) is 0.963. The van der Waals surface area contributed by atoms with Crippen molar-refractivity contribution < 1.29 is 41.2 Å². The number of ether oxygens (including phenoxy) is 1. The molecule has 0 saturated carbocycles. The molecule has 29 heavy (non-hydrogen) atoms. The molecule has 0 aliphatic rings. The SMILES string of the molecule is CC(OC(=O)c1c(F)cccc1F)C(=O)Nc1ccc([N+](=O)[O-])cc1C(F)(F)F. The lowest BCUT2D eigenvalue weighted by Crippen LogP contribution is -2.31. The molecule has 154 valence electrons. The lowest BCUT2D eigenvalue weighted by Gasteiger charge is -2.17. The standard InChI is InChI=1S/C17H11F5N2O5/c1-8(29-16(26)14-11(18)3-2-4-12(14)19)15(25)23-13-6-5-9(24(27)28)7-10(13)17(20,21)22/h2-8H,1H3,(H,23,25). The van der Waals surface area contributed by atoms with Crippen LogP contribution in [-0.4, -0.2) is 22.9 Å². The summed E-state index contributed by atoms with van der Waals surface area (Å²) >= 11 is 0. The molecule has 0 saturated heterocycles. The first-order valence-electron chi connectivity index (χ1n) is 7.73. The molecule has 1 N–H and O–H groups in total. The van der Waals surface area contributed by atoms with Crippen molar-refractivity contribution in [2.45, 2.75) is 19.2 Å². The fraction of sp³-hybridized carbons (Fsp3) is 0.176. The molecule has 0 heterocycles. The number of carbonyl (C=O) groups excluding carboxylic acids is 2. The Labute approximate surface area is 159 Å². The van der Waals surface area contributed by atoms with E-state index in [0.29, 0.717) is 6.07 Å². The summed E-state index contributed by atoms with van der Waals surface area (Å²) in [5.41, 5.74) is -4.25. The van der Waals surface area contributed by atoms with Gasteiger partial charge in [-0.15, -0.1) is 0 Å². The molecule has 1 amide bonds. The van der Waals surface area contributed by atoms with E-state index in [-0.39, 0.29) is 6.07 Å². The average Bonchev–Trinajstić information content (AvgIpc) is 2.60. The second kappa shape index (κ2) is 8.20. The molecule has 2 aromatic carbocycles. The van der Waals surface area contributed by atoms with E-state index in [2.05, 4.69) is 4.74 Å². The molecule has 0 aliphatic carbocycles. The molecule has 1 atom stereocenters.